The van der Waals surface area contributed by atoms with Crippen LogP contribution in [0.25, 0.3) is 0 Å². The van der Waals surface area contributed by atoms with E-state index in [4.69, 9.17) is 4.74 Å². The molecule has 1 heterocycles. The van der Waals surface area contributed by atoms with Gasteiger partial charge in [0.15, 0.2) is 0 Å². The molecular weight excluding hydrogens is 264 g/mol. The van der Waals surface area contributed by atoms with Gasteiger partial charge in [0, 0.05) is 18.0 Å². The number of carbonyl (C=O) groups excluding carboxylic acids is 1. The Morgan fingerprint density at radius 3 is 2.43 bits per heavy atom. The molecule has 2 rings (SSSR count). The quantitative estimate of drug-likeness (QED) is 0.907. The molecule has 0 saturated carbocycles. The largest absolute Gasteiger partial charge is 0.478 e. The Morgan fingerprint density at radius 2 is 1.90 bits per heavy atom. The fourth-order valence-electron chi connectivity index (χ4n) is 1.90. The topological polar surface area (TPSA) is 51.2 Å². The lowest BCUT2D eigenvalue weighted by Crippen LogP contribution is -2.12. The second kappa shape index (κ2) is 6.88. The molecule has 0 radical (unpaired) electrons. The number of amides is 1. The predicted octanol–water partition coefficient (Wildman–Crippen LogP) is 3.86. The number of nitrogens with one attached hydrogen (secondary N) is 1. The number of anilines is 1. The average molecular weight is 284 g/mol. The fraction of sp³-hybridized carbons (Fsp3) is 0.294. The number of carbonyl (C=O) groups is 1. The molecule has 4 nitrogen and oxygen atoms in total. The Balaban J connectivity index is 2.03. The monoisotopic (exact) mass is 284 g/mol. The van der Waals surface area contributed by atoms with Gasteiger partial charge in [0.1, 0.15) is 0 Å². The molecule has 1 amide bonds. The zero-order valence-corrected chi connectivity index (χ0v) is 12.6. The van der Waals surface area contributed by atoms with Crippen molar-refractivity contribution < 1.29 is 9.53 Å². The second-order valence-corrected chi connectivity index (χ2v) is 5.05. The van der Waals surface area contributed by atoms with Crippen LogP contribution in [-0.4, -0.2) is 17.5 Å². The molecule has 0 aliphatic carbocycles. The number of nitrogens with zero attached hydrogens (tertiary/aromatic N) is 1. The van der Waals surface area contributed by atoms with Crippen LogP contribution in [0.5, 0.6) is 5.88 Å². The standard InChI is InChI=1S/C17H20N2O2/c1-4-21-16-10-7-14(11-18-16)17(20)19-15-8-5-13(6-9-15)12(2)3/h5-12H,4H2,1-3H3,(H,19,20). The molecule has 0 fully saturated rings. The molecule has 1 N–H and O–H groups in total. The van der Waals surface area contributed by atoms with Crippen molar-refractivity contribution in [3.63, 3.8) is 0 Å². The van der Waals surface area contributed by atoms with Crippen molar-refractivity contribution in [2.75, 3.05) is 11.9 Å². The zero-order valence-electron chi connectivity index (χ0n) is 12.6. The maximum Gasteiger partial charge on any atom is 0.257 e. The molecule has 21 heavy (non-hydrogen) atoms. The Kier molecular flexibility index (Phi) is 4.93. The first-order valence-electron chi connectivity index (χ1n) is 7.10. The highest BCUT2D eigenvalue weighted by Crippen LogP contribution is 2.18. The summed E-state index contributed by atoms with van der Waals surface area (Å²) in [5, 5.41) is 2.86. The first kappa shape index (κ1) is 15.0. The van der Waals surface area contributed by atoms with Crippen LogP contribution in [0.4, 0.5) is 5.69 Å². The molecule has 1 aromatic heterocycles. The number of rotatable bonds is 5. The molecule has 2 aromatic rings. The van der Waals surface area contributed by atoms with Gasteiger partial charge in [-0.15, -0.1) is 0 Å². The number of benzene rings is 1. The number of ether oxygens (including phenoxy) is 1. The molecule has 0 aliphatic heterocycles. The minimum absolute atomic E-state index is 0.178. The number of hydrogen-bond acceptors (Lipinski definition) is 3. The van der Waals surface area contributed by atoms with E-state index in [-0.39, 0.29) is 5.91 Å². The van der Waals surface area contributed by atoms with Gasteiger partial charge in [-0.25, -0.2) is 4.98 Å². The smallest absolute Gasteiger partial charge is 0.257 e. The normalized spacial score (nSPS) is 10.5. The first-order chi connectivity index (χ1) is 10.1. The van der Waals surface area contributed by atoms with Crippen molar-refractivity contribution in [1.82, 2.24) is 4.98 Å². The third-order valence-electron chi connectivity index (χ3n) is 3.13. The molecule has 0 atom stereocenters. The third-order valence-corrected chi connectivity index (χ3v) is 3.13. The molecule has 0 unspecified atom stereocenters. The lowest BCUT2D eigenvalue weighted by molar-refractivity contribution is 0.102. The van der Waals surface area contributed by atoms with Crippen LogP contribution in [-0.2, 0) is 0 Å². The van der Waals surface area contributed by atoms with Crippen LogP contribution < -0.4 is 10.1 Å². The predicted molar refractivity (Wildman–Crippen MR) is 83.9 cm³/mol. The molecule has 0 bridgehead atoms. The van der Waals surface area contributed by atoms with Crippen molar-refractivity contribution in [3.05, 3.63) is 53.7 Å². The van der Waals surface area contributed by atoms with E-state index in [2.05, 4.69) is 24.1 Å². The molecule has 4 heteroatoms. The Bertz CT molecular complexity index is 589. The molecule has 110 valence electrons. The van der Waals surface area contributed by atoms with E-state index in [1.165, 1.54) is 11.8 Å². The third kappa shape index (κ3) is 4.05. The molecular formula is C17H20N2O2. The minimum Gasteiger partial charge on any atom is -0.478 e. The minimum atomic E-state index is -0.178. The molecule has 1 aromatic carbocycles. The van der Waals surface area contributed by atoms with E-state index >= 15 is 0 Å². The Morgan fingerprint density at radius 1 is 1.19 bits per heavy atom. The number of aromatic nitrogens is 1. The van der Waals surface area contributed by atoms with Crippen LogP contribution in [0.2, 0.25) is 0 Å². The summed E-state index contributed by atoms with van der Waals surface area (Å²) >= 11 is 0. The van der Waals surface area contributed by atoms with E-state index in [0.29, 0.717) is 24.0 Å². The molecule has 0 saturated heterocycles. The zero-order chi connectivity index (χ0) is 15.2. The Labute approximate surface area is 125 Å². The summed E-state index contributed by atoms with van der Waals surface area (Å²) in [7, 11) is 0. The van der Waals surface area contributed by atoms with Crippen molar-refractivity contribution in [2.45, 2.75) is 26.7 Å². The highest BCUT2D eigenvalue weighted by atomic mass is 16.5. The van der Waals surface area contributed by atoms with Gasteiger partial charge in [0.2, 0.25) is 5.88 Å². The van der Waals surface area contributed by atoms with Gasteiger partial charge >= 0.3 is 0 Å². The SMILES string of the molecule is CCOc1ccc(C(=O)Nc2ccc(C(C)C)cc2)cn1. The number of hydrogen-bond donors (Lipinski definition) is 1. The summed E-state index contributed by atoms with van der Waals surface area (Å²) < 4.78 is 5.25. The van der Waals surface area contributed by atoms with E-state index in [0.717, 1.165) is 5.69 Å². The lowest BCUT2D eigenvalue weighted by atomic mass is 10.0. The summed E-state index contributed by atoms with van der Waals surface area (Å²) in [4.78, 5) is 16.2. The van der Waals surface area contributed by atoms with Crippen molar-refractivity contribution in [3.8, 4) is 5.88 Å². The van der Waals surface area contributed by atoms with Crippen molar-refractivity contribution >= 4 is 11.6 Å². The van der Waals surface area contributed by atoms with Crippen molar-refractivity contribution in [1.29, 1.82) is 0 Å². The Hall–Kier alpha value is -2.36. The summed E-state index contributed by atoms with van der Waals surface area (Å²) in [6.07, 6.45) is 1.52. The lowest BCUT2D eigenvalue weighted by Gasteiger charge is -2.08. The van der Waals surface area contributed by atoms with Crippen LogP contribution >= 0.6 is 0 Å². The molecule has 0 aliphatic rings. The van der Waals surface area contributed by atoms with Gasteiger partial charge < -0.3 is 10.1 Å². The van der Waals surface area contributed by atoms with Gasteiger partial charge in [-0.1, -0.05) is 26.0 Å². The van der Waals surface area contributed by atoms with Crippen LogP contribution in [0.3, 0.4) is 0 Å². The van der Waals surface area contributed by atoms with E-state index in [1.807, 2.05) is 31.2 Å². The summed E-state index contributed by atoms with van der Waals surface area (Å²) in [6.45, 7) is 6.72. The van der Waals surface area contributed by atoms with Crippen molar-refractivity contribution in [2.24, 2.45) is 0 Å². The van der Waals surface area contributed by atoms with E-state index in [9.17, 15) is 4.79 Å². The fourth-order valence-corrected chi connectivity index (χ4v) is 1.90. The summed E-state index contributed by atoms with van der Waals surface area (Å²) in [6, 6.07) is 11.3. The van der Waals surface area contributed by atoms with Gasteiger partial charge in [-0.3, -0.25) is 4.79 Å². The van der Waals surface area contributed by atoms with Crippen LogP contribution in [0.15, 0.2) is 42.6 Å². The highest BCUT2D eigenvalue weighted by molar-refractivity contribution is 6.04. The maximum atomic E-state index is 12.1. The van der Waals surface area contributed by atoms with E-state index < -0.39 is 0 Å². The number of pyridine rings is 1. The maximum absolute atomic E-state index is 12.1. The van der Waals surface area contributed by atoms with E-state index in [1.54, 1.807) is 12.1 Å². The molecule has 0 spiro atoms. The summed E-state index contributed by atoms with van der Waals surface area (Å²) in [5.41, 5.74) is 2.53. The van der Waals surface area contributed by atoms with Gasteiger partial charge in [0.25, 0.3) is 5.91 Å². The summed E-state index contributed by atoms with van der Waals surface area (Å²) in [5.74, 6) is 0.822. The van der Waals surface area contributed by atoms with Gasteiger partial charge in [-0.05, 0) is 36.6 Å². The van der Waals surface area contributed by atoms with Gasteiger partial charge in [0.05, 0.1) is 12.2 Å². The highest BCUT2D eigenvalue weighted by Gasteiger charge is 2.07. The average Bonchev–Trinajstić information content (AvgIpc) is 2.49. The first-order valence-corrected chi connectivity index (χ1v) is 7.10. The van der Waals surface area contributed by atoms with Crippen LogP contribution in [0.1, 0.15) is 42.6 Å². The van der Waals surface area contributed by atoms with Gasteiger partial charge in [-0.2, -0.15) is 0 Å². The van der Waals surface area contributed by atoms with Crippen LogP contribution in [0, 0.1) is 0 Å². The second-order valence-electron chi connectivity index (χ2n) is 5.05.